The molecule has 0 bridgehead atoms. The topological polar surface area (TPSA) is 0 Å². The maximum atomic E-state index is 2.50. The van der Waals surface area contributed by atoms with Crippen molar-refractivity contribution in [3.63, 3.8) is 0 Å². The molecule has 0 amide bonds. The summed E-state index contributed by atoms with van der Waals surface area (Å²) in [5.41, 5.74) is 1.24. The van der Waals surface area contributed by atoms with Crippen molar-refractivity contribution < 1.29 is 0 Å². The predicted molar refractivity (Wildman–Crippen MR) is 64.4 cm³/mol. The van der Waals surface area contributed by atoms with Crippen LogP contribution in [0.25, 0.3) is 0 Å². The molecule has 1 rings (SSSR count). The monoisotopic (exact) mass is 196 g/mol. The van der Waals surface area contributed by atoms with E-state index in [1.807, 2.05) is 0 Å². The number of hydrogen-bond acceptors (Lipinski definition) is 0. The maximum Gasteiger partial charge on any atom is -0.0266 e. The van der Waals surface area contributed by atoms with Crippen LogP contribution in [0.1, 0.15) is 67.2 Å². The van der Waals surface area contributed by atoms with E-state index in [1.165, 1.54) is 25.7 Å². The van der Waals surface area contributed by atoms with Gasteiger partial charge in [0.15, 0.2) is 0 Å². The van der Waals surface area contributed by atoms with Crippen LogP contribution in [0.3, 0.4) is 0 Å². The molecule has 1 fully saturated rings. The molecule has 3 atom stereocenters. The second kappa shape index (κ2) is 3.87. The van der Waals surface area contributed by atoms with Crippen LogP contribution in [-0.2, 0) is 0 Å². The van der Waals surface area contributed by atoms with E-state index in [2.05, 4.69) is 41.5 Å². The molecule has 14 heavy (non-hydrogen) atoms. The number of hydrogen-bond donors (Lipinski definition) is 0. The van der Waals surface area contributed by atoms with E-state index in [0.29, 0.717) is 10.8 Å². The Labute approximate surface area is 90.5 Å². The first kappa shape index (κ1) is 12.1. The molecule has 84 valence electrons. The summed E-state index contributed by atoms with van der Waals surface area (Å²) in [4.78, 5) is 0. The van der Waals surface area contributed by atoms with Crippen LogP contribution >= 0.6 is 0 Å². The van der Waals surface area contributed by atoms with Crippen LogP contribution in [0, 0.1) is 22.7 Å². The van der Waals surface area contributed by atoms with Crippen molar-refractivity contribution in [1.29, 1.82) is 0 Å². The summed E-state index contributed by atoms with van der Waals surface area (Å²) in [6, 6.07) is 0. The third kappa shape index (κ3) is 1.99. The van der Waals surface area contributed by atoms with Gasteiger partial charge >= 0.3 is 0 Å². The Morgan fingerprint density at radius 2 is 1.64 bits per heavy atom. The predicted octanol–water partition coefficient (Wildman–Crippen LogP) is 4.89. The van der Waals surface area contributed by atoms with Crippen molar-refractivity contribution in [3.05, 3.63) is 0 Å². The molecule has 1 aliphatic rings. The third-order valence-electron chi connectivity index (χ3n) is 5.00. The molecular formula is C14H28. The first-order valence-electron chi connectivity index (χ1n) is 6.41. The Morgan fingerprint density at radius 3 is 1.93 bits per heavy atom. The average Bonchev–Trinajstić information content (AvgIpc) is 2.71. The lowest BCUT2D eigenvalue weighted by Gasteiger charge is -2.23. The highest BCUT2D eigenvalue weighted by molar-refractivity contribution is 5.07. The summed E-state index contributed by atoms with van der Waals surface area (Å²) in [6.07, 6.45) is 5.51. The molecule has 3 unspecified atom stereocenters. The van der Waals surface area contributed by atoms with Crippen molar-refractivity contribution >= 4 is 0 Å². The largest absolute Gasteiger partial charge is 0.0651 e. The van der Waals surface area contributed by atoms with E-state index < -0.39 is 0 Å². The Morgan fingerprint density at radius 1 is 1.07 bits per heavy atom. The lowest BCUT2D eigenvalue weighted by atomic mass is 9.82. The van der Waals surface area contributed by atoms with E-state index >= 15 is 0 Å². The van der Waals surface area contributed by atoms with Gasteiger partial charge in [-0.2, -0.15) is 0 Å². The van der Waals surface area contributed by atoms with Gasteiger partial charge in [0.05, 0.1) is 0 Å². The molecule has 0 spiro atoms. The van der Waals surface area contributed by atoms with Crippen molar-refractivity contribution in [1.82, 2.24) is 0 Å². The first-order chi connectivity index (χ1) is 6.41. The molecule has 1 saturated carbocycles. The van der Waals surface area contributed by atoms with E-state index in [1.54, 1.807) is 0 Å². The highest BCUT2D eigenvalue weighted by Gasteiger charge is 2.58. The SMILES string of the molecule is CCC1C(CC(C)(C)CC)C1(C)CC. The second-order valence-electron chi connectivity index (χ2n) is 6.20. The quantitative estimate of drug-likeness (QED) is 0.587. The zero-order valence-electron chi connectivity index (χ0n) is 11.0. The van der Waals surface area contributed by atoms with Gasteiger partial charge in [0.2, 0.25) is 0 Å². The molecule has 0 saturated heterocycles. The normalized spacial score (nSPS) is 37.3. The van der Waals surface area contributed by atoms with Gasteiger partial charge in [0.25, 0.3) is 0 Å². The molecule has 0 N–H and O–H groups in total. The lowest BCUT2D eigenvalue weighted by molar-refractivity contribution is 0.277. The van der Waals surface area contributed by atoms with E-state index in [9.17, 15) is 0 Å². The summed E-state index contributed by atoms with van der Waals surface area (Å²) in [7, 11) is 0. The lowest BCUT2D eigenvalue weighted by Crippen LogP contribution is -2.12. The first-order valence-corrected chi connectivity index (χ1v) is 6.41. The summed E-state index contributed by atoms with van der Waals surface area (Å²) >= 11 is 0. The van der Waals surface area contributed by atoms with Crippen molar-refractivity contribution in [2.45, 2.75) is 67.2 Å². The summed E-state index contributed by atoms with van der Waals surface area (Å²) in [5, 5.41) is 0. The smallest absolute Gasteiger partial charge is 0.0266 e. The molecule has 0 aromatic heterocycles. The fourth-order valence-corrected chi connectivity index (χ4v) is 3.15. The van der Waals surface area contributed by atoms with Crippen LogP contribution in [0.4, 0.5) is 0 Å². The second-order valence-corrected chi connectivity index (χ2v) is 6.20. The molecule has 0 heterocycles. The highest BCUT2D eigenvalue weighted by atomic mass is 14.6. The minimum atomic E-state index is 0.561. The fourth-order valence-electron chi connectivity index (χ4n) is 3.15. The van der Waals surface area contributed by atoms with Gasteiger partial charge in [-0.25, -0.2) is 0 Å². The van der Waals surface area contributed by atoms with E-state index in [-0.39, 0.29) is 0 Å². The van der Waals surface area contributed by atoms with Gasteiger partial charge in [-0.3, -0.25) is 0 Å². The standard InChI is InChI=1S/C14H28/c1-7-11-12(14(11,6)9-3)10-13(4,5)8-2/h11-12H,7-10H2,1-6H3. The van der Waals surface area contributed by atoms with Gasteiger partial charge in [-0.15, -0.1) is 0 Å². The van der Waals surface area contributed by atoms with Gasteiger partial charge in [-0.1, -0.05) is 60.8 Å². The third-order valence-corrected chi connectivity index (χ3v) is 5.00. The Balaban J connectivity index is 2.56. The fraction of sp³-hybridized carbons (Fsp3) is 1.00. The Kier molecular flexibility index (Phi) is 3.33. The van der Waals surface area contributed by atoms with Crippen LogP contribution in [0.15, 0.2) is 0 Å². The average molecular weight is 196 g/mol. The molecule has 0 aromatic carbocycles. The van der Waals surface area contributed by atoms with E-state index in [0.717, 1.165) is 11.8 Å². The summed E-state index contributed by atoms with van der Waals surface area (Å²) in [6.45, 7) is 14.4. The molecule has 1 aliphatic carbocycles. The summed E-state index contributed by atoms with van der Waals surface area (Å²) in [5.74, 6) is 2.02. The van der Waals surface area contributed by atoms with Gasteiger partial charge < -0.3 is 0 Å². The molecule has 0 radical (unpaired) electrons. The molecule has 0 aromatic rings. The van der Waals surface area contributed by atoms with Gasteiger partial charge in [0.1, 0.15) is 0 Å². The molecule has 0 nitrogen and oxygen atoms in total. The zero-order valence-corrected chi connectivity index (χ0v) is 11.0. The molecular weight excluding hydrogens is 168 g/mol. The van der Waals surface area contributed by atoms with Gasteiger partial charge in [0, 0.05) is 0 Å². The van der Waals surface area contributed by atoms with E-state index in [4.69, 9.17) is 0 Å². The Bertz CT molecular complexity index is 192. The van der Waals surface area contributed by atoms with Crippen molar-refractivity contribution in [2.75, 3.05) is 0 Å². The minimum Gasteiger partial charge on any atom is -0.0651 e. The van der Waals surface area contributed by atoms with Gasteiger partial charge in [-0.05, 0) is 29.1 Å². The maximum absolute atomic E-state index is 2.50. The zero-order chi connectivity index (χ0) is 11.0. The van der Waals surface area contributed by atoms with Crippen LogP contribution in [0.2, 0.25) is 0 Å². The minimum absolute atomic E-state index is 0.561. The molecule has 0 aliphatic heterocycles. The van der Waals surface area contributed by atoms with Crippen molar-refractivity contribution in [3.8, 4) is 0 Å². The van der Waals surface area contributed by atoms with Crippen LogP contribution in [-0.4, -0.2) is 0 Å². The molecule has 0 heteroatoms. The summed E-state index contributed by atoms with van der Waals surface area (Å²) < 4.78 is 0. The van der Waals surface area contributed by atoms with Crippen LogP contribution < -0.4 is 0 Å². The van der Waals surface area contributed by atoms with Crippen LogP contribution in [0.5, 0.6) is 0 Å². The number of rotatable bonds is 5. The van der Waals surface area contributed by atoms with Crippen molar-refractivity contribution in [2.24, 2.45) is 22.7 Å². The Hall–Kier alpha value is 0. The highest BCUT2D eigenvalue weighted by Crippen LogP contribution is 2.65.